The van der Waals surface area contributed by atoms with Crippen molar-refractivity contribution in [3.05, 3.63) is 59.8 Å². The van der Waals surface area contributed by atoms with Gasteiger partial charge < -0.3 is 10.2 Å². The first kappa shape index (κ1) is 17.4. The van der Waals surface area contributed by atoms with Crippen LogP contribution in [0.15, 0.2) is 48.7 Å². The molecule has 2 heterocycles. The summed E-state index contributed by atoms with van der Waals surface area (Å²) in [6, 6.07) is 14.3. The first-order valence-corrected chi connectivity index (χ1v) is 8.80. The quantitative estimate of drug-likeness (QED) is 0.910. The number of piperazine rings is 1. The van der Waals surface area contributed by atoms with Crippen molar-refractivity contribution in [2.45, 2.75) is 32.5 Å². The Morgan fingerprint density at radius 2 is 2.00 bits per heavy atom. The number of amides is 1. The highest BCUT2D eigenvalue weighted by molar-refractivity contribution is 5.83. The molecule has 1 aromatic carbocycles. The fourth-order valence-electron chi connectivity index (χ4n) is 3.10. The van der Waals surface area contributed by atoms with E-state index in [0.717, 1.165) is 23.5 Å². The summed E-state index contributed by atoms with van der Waals surface area (Å²) < 4.78 is 0. The molecule has 1 aliphatic rings. The number of aromatic nitrogens is 1. The Morgan fingerprint density at radius 3 is 2.64 bits per heavy atom. The normalized spacial score (nSPS) is 18.2. The second kappa shape index (κ2) is 7.66. The number of anilines is 1. The zero-order valence-electron chi connectivity index (χ0n) is 15.1. The molecular weight excluding hydrogens is 312 g/mol. The van der Waals surface area contributed by atoms with Crippen LogP contribution in [0.5, 0.6) is 0 Å². The lowest BCUT2D eigenvalue weighted by molar-refractivity contribution is -0.129. The third-order valence-electron chi connectivity index (χ3n) is 4.76. The Morgan fingerprint density at radius 1 is 1.24 bits per heavy atom. The summed E-state index contributed by atoms with van der Waals surface area (Å²) in [5, 5.41) is 2.98. The molecule has 1 saturated heterocycles. The average molecular weight is 338 g/mol. The van der Waals surface area contributed by atoms with Gasteiger partial charge in [-0.2, -0.15) is 0 Å². The SMILES string of the molecule is CC(C)N(C)c1ccc(CN2CCNC(=O)[C@@H]2c2ccccc2)cn1. The minimum Gasteiger partial charge on any atom is -0.357 e. The van der Waals surface area contributed by atoms with Gasteiger partial charge in [0.1, 0.15) is 11.9 Å². The molecule has 1 aromatic heterocycles. The lowest BCUT2D eigenvalue weighted by Crippen LogP contribution is -2.49. The third-order valence-corrected chi connectivity index (χ3v) is 4.76. The molecule has 0 saturated carbocycles. The van der Waals surface area contributed by atoms with E-state index in [4.69, 9.17) is 0 Å². The van der Waals surface area contributed by atoms with E-state index < -0.39 is 0 Å². The molecule has 1 amide bonds. The van der Waals surface area contributed by atoms with Crippen LogP contribution in [0.1, 0.15) is 31.0 Å². The van der Waals surface area contributed by atoms with Crippen molar-refractivity contribution in [1.82, 2.24) is 15.2 Å². The van der Waals surface area contributed by atoms with Crippen molar-refractivity contribution in [3.8, 4) is 0 Å². The molecule has 0 unspecified atom stereocenters. The molecule has 3 rings (SSSR count). The summed E-state index contributed by atoms with van der Waals surface area (Å²) in [6.45, 7) is 6.52. The van der Waals surface area contributed by atoms with Crippen LogP contribution < -0.4 is 10.2 Å². The molecule has 1 fully saturated rings. The smallest absolute Gasteiger partial charge is 0.242 e. The van der Waals surface area contributed by atoms with Crippen molar-refractivity contribution in [3.63, 3.8) is 0 Å². The van der Waals surface area contributed by atoms with Crippen LogP contribution in [0.2, 0.25) is 0 Å². The standard InChI is InChI=1S/C20H26N4O/c1-15(2)23(3)18-10-9-16(13-22-18)14-24-12-11-21-20(25)19(24)17-7-5-4-6-8-17/h4-10,13,15,19H,11-12,14H2,1-3H3,(H,21,25)/t19-/m0/s1. The Hall–Kier alpha value is -2.40. The fourth-order valence-corrected chi connectivity index (χ4v) is 3.10. The summed E-state index contributed by atoms with van der Waals surface area (Å²) in [4.78, 5) is 21.4. The second-order valence-electron chi connectivity index (χ2n) is 6.80. The van der Waals surface area contributed by atoms with Crippen LogP contribution in [0.3, 0.4) is 0 Å². The van der Waals surface area contributed by atoms with Crippen LogP contribution in [0.25, 0.3) is 0 Å². The van der Waals surface area contributed by atoms with Gasteiger partial charge in [0.2, 0.25) is 5.91 Å². The largest absolute Gasteiger partial charge is 0.357 e. The maximum Gasteiger partial charge on any atom is 0.242 e. The third kappa shape index (κ3) is 3.99. The molecule has 1 atom stereocenters. The van der Waals surface area contributed by atoms with Crippen LogP contribution in [-0.2, 0) is 11.3 Å². The average Bonchev–Trinajstić information content (AvgIpc) is 2.62. The number of carbonyl (C=O) groups is 1. The van der Waals surface area contributed by atoms with E-state index in [2.05, 4.69) is 46.1 Å². The van der Waals surface area contributed by atoms with Gasteiger partial charge >= 0.3 is 0 Å². The molecule has 1 aliphatic heterocycles. The monoisotopic (exact) mass is 338 g/mol. The lowest BCUT2D eigenvalue weighted by Gasteiger charge is -2.35. The van der Waals surface area contributed by atoms with Crippen molar-refractivity contribution in [1.29, 1.82) is 0 Å². The van der Waals surface area contributed by atoms with Crippen molar-refractivity contribution in [2.75, 3.05) is 25.0 Å². The molecule has 2 aromatic rings. The maximum absolute atomic E-state index is 12.4. The van der Waals surface area contributed by atoms with Crippen LogP contribution in [0, 0.1) is 0 Å². The zero-order valence-corrected chi connectivity index (χ0v) is 15.1. The highest BCUT2D eigenvalue weighted by Crippen LogP contribution is 2.25. The van der Waals surface area contributed by atoms with E-state index in [0.29, 0.717) is 19.1 Å². The Labute approximate surface area is 149 Å². The lowest BCUT2D eigenvalue weighted by atomic mass is 10.0. The number of hydrogen-bond acceptors (Lipinski definition) is 4. The van der Waals surface area contributed by atoms with E-state index >= 15 is 0 Å². The molecule has 0 bridgehead atoms. The predicted molar refractivity (Wildman–Crippen MR) is 100 cm³/mol. The number of benzene rings is 1. The molecular formula is C20H26N4O. The Balaban J connectivity index is 1.77. The summed E-state index contributed by atoms with van der Waals surface area (Å²) in [6.07, 6.45) is 1.92. The second-order valence-corrected chi connectivity index (χ2v) is 6.80. The molecule has 1 N–H and O–H groups in total. The number of nitrogens with zero attached hydrogens (tertiary/aromatic N) is 3. The summed E-state index contributed by atoms with van der Waals surface area (Å²) in [5.74, 6) is 1.04. The highest BCUT2D eigenvalue weighted by atomic mass is 16.2. The Kier molecular flexibility index (Phi) is 5.34. The van der Waals surface area contributed by atoms with Gasteiger partial charge in [-0.25, -0.2) is 4.98 Å². The predicted octanol–water partition coefficient (Wildman–Crippen LogP) is 2.60. The molecule has 0 spiro atoms. The molecule has 0 aliphatic carbocycles. The van der Waals surface area contributed by atoms with E-state index in [-0.39, 0.29) is 11.9 Å². The Bertz CT molecular complexity index is 699. The van der Waals surface area contributed by atoms with Gasteiger partial charge in [0.25, 0.3) is 0 Å². The molecule has 5 heteroatoms. The minimum atomic E-state index is -0.243. The number of hydrogen-bond donors (Lipinski definition) is 1. The molecule has 0 radical (unpaired) electrons. The van der Waals surface area contributed by atoms with Gasteiger partial charge in [-0.05, 0) is 31.0 Å². The number of carbonyl (C=O) groups excluding carboxylic acids is 1. The van der Waals surface area contributed by atoms with E-state index in [1.54, 1.807) is 0 Å². The number of rotatable bonds is 5. The fraction of sp³-hybridized carbons (Fsp3) is 0.400. The highest BCUT2D eigenvalue weighted by Gasteiger charge is 2.30. The van der Waals surface area contributed by atoms with Gasteiger partial charge in [-0.1, -0.05) is 36.4 Å². The van der Waals surface area contributed by atoms with Gasteiger partial charge in [0.15, 0.2) is 0 Å². The van der Waals surface area contributed by atoms with E-state index in [9.17, 15) is 4.79 Å². The summed E-state index contributed by atoms with van der Waals surface area (Å²) in [5.41, 5.74) is 2.15. The van der Waals surface area contributed by atoms with Gasteiger partial charge in [-0.15, -0.1) is 0 Å². The van der Waals surface area contributed by atoms with Crippen molar-refractivity contribution in [2.24, 2.45) is 0 Å². The summed E-state index contributed by atoms with van der Waals surface area (Å²) in [7, 11) is 2.05. The van der Waals surface area contributed by atoms with Gasteiger partial charge in [-0.3, -0.25) is 9.69 Å². The number of pyridine rings is 1. The van der Waals surface area contributed by atoms with Crippen molar-refractivity contribution >= 4 is 11.7 Å². The van der Waals surface area contributed by atoms with Crippen LogP contribution in [0.4, 0.5) is 5.82 Å². The molecule has 5 nitrogen and oxygen atoms in total. The first-order chi connectivity index (χ1) is 12.1. The van der Waals surface area contributed by atoms with E-state index in [1.807, 2.05) is 43.6 Å². The van der Waals surface area contributed by atoms with E-state index in [1.165, 1.54) is 0 Å². The maximum atomic E-state index is 12.4. The minimum absolute atomic E-state index is 0.0709. The van der Waals surface area contributed by atoms with Gasteiger partial charge in [0.05, 0.1) is 0 Å². The van der Waals surface area contributed by atoms with Crippen molar-refractivity contribution < 1.29 is 4.79 Å². The summed E-state index contributed by atoms with van der Waals surface area (Å²) >= 11 is 0. The molecule has 132 valence electrons. The first-order valence-electron chi connectivity index (χ1n) is 8.80. The zero-order chi connectivity index (χ0) is 17.8. The van der Waals surface area contributed by atoms with Crippen LogP contribution >= 0.6 is 0 Å². The number of nitrogens with one attached hydrogen (secondary N) is 1. The van der Waals surface area contributed by atoms with Gasteiger partial charge in [0, 0.05) is 38.9 Å². The van der Waals surface area contributed by atoms with Crippen LogP contribution in [-0.4, -0.2) is 42.0 Å². The molecule has 25 heavy (non-hydrogen) atoms. The topological polar surface area (TPSA) is 48.5 Å².